The van der Waals surface area contributed by atoms with Crippen LogP contribution in [0.25, 0.3) is 0 Å². The lowest BCUT2D eigenvalue weighted by atomic mass is 10.2. The SMILES string of the molecule is CC(=O)C1CSCN1C. The van der Waals surface area contributed by atoms with Crippen molar-refractivity contribution < 1.29 is 4.79 Å². The van der Waals surface area contributed by atoms with Gasteiger partial charge in [-0.2, -0.15) is 0 Å². The summed E-state index contributed by atoms with van der Waals surface area (Å²) in [6.45, 7) is 1.66. The molecule has 0 aromatic rings. The first-order valence-corrected chi connectivity index (χ1v) is 4.15. The van der Waals surface area contributed by atoms with Gasteiger partial charge < -0.3 is 0 Å². The molecule has 0 spiro atoms. The largest absolute Gasteiger partial charge is 0.298 e. The number of rotatable bonds is 1. The Bertz CT molecular complexity index is 126. The Hall–Kier alpha value is -0.0200. The Morgan fingerprint density at radius 3 is 2.67 bits per heavy atom. The number of hydrogen-bond acceptors (Lipinski definition) is 3. The third kappa shape index (κ3) is 1.46. The molecular weight excluding hydrogens is 134 g/mol. The average molecular weight is 145 g/mol. The van der Waals surface area contributed by atoms with Crippen molar-refractivity contribution >= 4 is 17.5 Å². The van der Waals surface area contributed by atoms with Gasteiger partial charge in [-0.1, -0.05) is 0 Å². The van der Waals surface area contributed by atoms with Gasteiger partial charge in [0, 0.05) is 11.6 Å². The normalized spacial score (nSPS) is 28.9. The van der Waals surface area contributed by atoms with Gasteiger partial charge in [-0.05, 0) is 14.0 Å². The van der Waals surface area contributed by atoms with Crippen LogP contribution in [0.1, 0.15) is 6.92 Å². The van der Waals surface area contributed by atoms with Gasteiger partial charge in [0.1, 0.15) is 5.78 Å². The average Bonchev–Trinajstić information content (AvgIpc) is 2.13. The van der Waals surface area contributed by atoms with Crippen LogP contribution in [0.2, 0.25) is 0 Å². The highest BCUT2D eigenvalue weighted by Gasteiger charge is 2.24. The predicted octanol–water partition coefficient (Wildman–Crippen LogP) is 0.580. The molecule has 1 rings (SSSR count). The molecule has 1 heterocycles. The molecular formula is C6H11NOS. The van der Waals surface area contributed by atoms with Crippen molar-refractivity contribution in [2.45, 2.75) is 13.0 Å². The van der Waals surface area contributed by atoms with Crippen molar-refractivity contribution in [3.63, 3.8) is 0 Å². The number of nitrogens with zero attached hydrogens (tertiary/aromatic N) is 1. The number of Topliss-reactive ketones (excluding diaryl/α,β-unsaturated/α-hetero) is 1. The van der Waals surface area contributed by atoms with Crippen molar-refractivity contribution in [1.29, 1.82) is 0 Å². The third-order valence-corrected chi connectivity index (χ3v) is 2.71. The summed E-state index contributed by atoms with van der Waals surface area (Å²) in [4.78, 5) is 12.9. The second kappa shape index (κ2) is 2.71. The lowest BCUT2D eigenvalue weighted by Crippen LogP contribution is -2.32. The molecule has 1 aliphatic heterocycles. The molecule has 0 saturated carbocycles. The van der Waals surface area contributed by atoms with E-state index in [0.717, 1.165) is 11.6 Å². The number of carbonyl (C=O) groups excluding carboxylic acids is 1. The van der Waals surface area contributed by atoms with Crippen LogP contribution < -0.4 is 0 Å². The Morgan fingerprint density at radius 1 is 1.78 bits per heavy atom. The molecule has 0 N–H and O–H groups in total. The number of hydrogen-bond donors (Lipinski definition) is 0. The van der Waals surface area contributed by atoms with E-state index in [1.54, 1.807) is 6.92 Å². The predicted molar refractivity (Wildman–Crippen MR) is 39.6 cm³/mol. The summed E-state index contributed by atoms with van der Waals surface area (Å²) in [5, 5.41) is 0. The van der Waals surface area contributed by atoms with Crippen LogP contribution in [0.5, 0.6) is 0 Å². The standard InChI is InChI=1S/C6H11NOS/c1-5(8)6-3-9-4-7(6)2/h6H,3-4H2,1-2H3. The van der Waals surface area contributed by atoms with E-state index in [0.29, 0.717) is 5.78 Å². The summed E-state index contributed by atoms with van der Waals surface area (Å²) >= 11 is 1.82. The molecule has 1 unspecified atom stereocenters. The maximum atomic E-state index is 10.8. The van der Waals surface area contributed by atoms with E-state index in [1.807, 2.05) is 18.8 Å². The van der Waals surface area contributed by atoms with Gasteiger partial charge in [-0.3, -0.25) is 9.69 Å². The molecule has 2 nitrogen and oxygen atoms in total. The Morgan fingerprint density at radius 2 is 2.44 bits per heavy atom. The summed E-state index contributed by atoms with van der Waals surface area (Å²) in [6, 6.07) is 0.190. The lowest BCUT2D eigenvalue weighted by molar-refractivity contribution is -0.120. The zero-order valence-corrected chi connectivity index (χ0v) is 6.57. The maximum absolute atomic E-state index is 10.8. The van der Waals surface area contributed by atoms with E-state index in [2.05, 4.69) is 4.90 Å². The highest BCUT2D eigenvalue weighted by Crippen LogP contribution is 2.18. The van der Waals surface area contributed by atoms with Crippen molar-refractivity contribution in [3.8, 4) is 0 Å². The maximum Gasteiger partial charge on any atom is 0.147 e. The van der Waals surface area contributed by atoms with Gasteiger partial charge in [0.15, 0.2) is 0 Å². The summed E-state index contributed by atoms with van der Waals surface area (Å²) in [6.07, 6.45) is 0. The first-order chi connectivity index (χ1) is 4.22. The topological polar surface area (TPSA) is 20.3 Å². The number of ketones is 1. The van der Waals surface area contributed by atoms with E-state index in [1.165, 1.54) is 0 Å². The van der Waals surface area contributed by atoms with Crippen LogP contribution >= 0.6 is 11.8 Å². The van der Waals surface area contributed by atoms with E-state index < -0.39 is 0 Å². The quantitative estimate of drug-likeness (QED) is 0.538. The fraction of sp³-hybridized carbons (Fsp3) is 0.833. The van der Waals surface area contributed by atoms with Crippen molar-refractivity contribution in [2.24, 2.45) is 0 Å². The van der Waals surface area contributed by atoms with Crippen LogP contribution in [-0.2, 0) is 4.79 Å². The van der Waals surface area contributed by atoms with Gasteiger partial charge in [-0.15, -0.1) is 11.8 Å². The molecule has 0 aromatic heterocycles. The molecule has 3 heteroatoms. The Labute approximate surface area is 59.6 Å². The molecule has 1 aliphatic rings. The van der Waals surface area contributed by atoms with Gasteiger partial charge >= 0.3 is 0 Å². The number of likely N-dealkylation sites (N-methyl/N-ethyl adjacent to an activating group) is 1. The molecule has 0 bridgehead atoms. The fourth-order valence-corrected chi connectivity index (χ4v) is 2.24. The molecule has 0 aromatic carbocycles. The molecule has 9 heavy (non-hydrogen) atoms. The Kier molecular flexibility index (Phi) is 2.13. The van der Waals surface area contributed by atoms with Crippen LogP contribution in [-0.4, -0.2) is 35.4 Å². The smallest absolute Gasteiger partial charge is 0.147 e. The third-order valence-electron chi connectivity index (χ3n) is 1.57. The van der Waals surface area contributed by atoms with Crippen LogP contribution in [0.15, 0.2) is 0 Å². The molecule has 0 aliphatic carbocycles. The fourth-order valence-electron chi connectivity index (χ4n) is 0.953. The van der Waals surface area contributed by atoms with E-state index in [4.69, 9.17) is 0 Å². The molecule has 0 radical (unpaired) electrons. The zero-order valence-electron chi connectivity index (χ0n) is 5.76. The molecule has 1 atom stereocenters. The van der Waals surface area contributed by atoms with Crippen LogP contribution in [0.4, 0.5) is 0 Å². The number of thioether (sulfide) groups is 1. The minimum Gasteiger partial charge on any atom is -0.298 e. The van der Waals surface area contributed by atoms with E-state index in [-0.39, 0.29) is 6.04 Å². The van der Waals surface area contributed by atoms with Crippen LogP contribution in [0, 0.1) is 0 Å². The summed E-state index contributed by atoms with van der Waals surface area (Å²) in [5.74, 6) is 2.28. The van der Waals surface area contributed by atoms with Gasteiger partial charge in [0.2, 0.25) is 0 Å². The Balaban J connectivity index is 2.49. The first kappa shape index (κ1) is 7.09. The van der Waals surface area contributed by atoms with Gasteiger partial charge in [0.25, 0.3) is 0 Å². The molecule has 0 amide bonds. The van der Waals surface area contributed by atoms with Crippen LogP contribution in [0.3, 0.4) is 0 Å². The zero-order chi connectivity index (χ0) is 6.85. The molecule has 1 saturated heterocycles. The minimum absolute atomic E-state index is 0.190. The highest BCUT2D eigenvalue weighted by molar-refractivity contribution is 7.99. The van der Waals surface area contributed by atoms with Gasteiger partial charge in [-0.25, -0.2) is 0 Å². The van der Waals surface area contributed by atoms with Gasteiger partial charge in [0.05, 0.1) is 6.04 Å². The van der Waals surface area contributed by atoms with Crippen molar-refractivity contribution in [1.82, 2.24) is 4.90 Å². The van der Waals surface area contributed by atoms with E-state index in [9.17, 15) is 4.79 Å². The van der Waals surface area contributed by atoms with Crippen molar-refractivity contribution in [2.75, 3.05) is 18.7 Å². The minimum atomic E-state index is 0.190. The monoisotopic (exact) mass is 145 g/mol. The lowest BCUT2D eigenvalue weighted by Gasteiger charge is -2.13. The first-order valence-electron chi connectivity index (χ1n) is 3.00. The highest BCUT2D eigenvalue weighted by atomic mass is 32.2. The molecule has 1 fully saturated rings. The number of carbonyl (C=O) groups is 1. The van der Waals surface area contributed by atoms with E-state index >= 15 is 0 Å². The summed E-state index contributed by atoms with van der Waals surface area (Å²) in [5.41, 5.74) is 0. The second-order valence-electron chi connectivity index (χ2n) is 2.38. The summed E-state index contributed by atoms with van der Waals surface area (Å²) < 4.78 is 0. The second-order valence-corrected chi connectivity index (χ2v) is 3.38. The molecule has 52 valence electrons. The van der Waals surface area contributed by atoms with Crippen molar-refractivity contribution in [3.05, 3.63) is 0 Å². The summed E-state index contributed by atoms with van der Waals surface area (Å²) in [7, 11) is 1.99.